The van der Waals surface area contributed by atoms with Gasteiger partial charge in [-0.05, 0) is 52.8 Å². The Hall–Kier alpha value is -3.90. The number of carbonyl (C=O) groups is 4. The molecule has 4 atom stereocenters. The Labute approximate surface area is 258 Å². The topological polar surface area (TPSA) is 133 Å². The van der Waals surface area contributed by atoms with E-state index in [9.17, 15) is 32.3 Å². The van der Waals surface area contributed by atoms with Crippen LogP contribution >= 0.6 is 0 Å². The molecule has 15 heteroatoms. The van der Waals surface area contributed by atoms with Gasteiger partial charge in [-0.2, -0.15) is 18.4 Å². The number of morpholine rings is 1. The Bertz CT molecular complexity index is 1410. The van der Waals surface area contributed by atoms with Crippen molar-refractivity contribution in [2.75, 3.05) is 57.3 Å². The lowest BCUT2D eigenvalue weighted by Crippen LogP contribution is -2.59. The van der Waals surface area contributed by atoms with Gasteiger partial charge in [0.15, 0.2) is 0 Å². The van der Waals surface area contributed by atoms with Crippen molar-refractivity contribution in [1.82, 2.24) is 14.7 Å². The SMILES string of the molecule is CC(C)(C)OC(=O)N1CCN(CCOC(=O)N2C[C@@]3(C)O[C@@](C)(C2)[C@H]2C(=O)N(c4ccc(C#N)c(C(F)(F)F)c4)C(=O)[C@H]23)CC1. The van der Waals surface area contributed by atoms with Crippen LogP contribution in [0.4, 0.5) is 28.4 Å². The van der Waals surface area contributed by atoms with Crippen LogP contribution in [0, 0.1) is 23.2 Å². The summed E-state index contributed by atoms with van der Waals surface area (Å²) in [4.78, 5) is 58.6. The fraction of sp³-hybridized carbons (Fsp3) is 0.633. The van der Waals surface area contributed by atoms with Crippen molar-refractivity contribution in [3.8, 4) is 6.07 Å². The Morgan fingerprint density at radius 1 is 0.978 bits per heavy atom. The van der Waals surface area contributed by atoms with Gasteiger partial charge < -0.3 is 24.0 Å². The minimum Gasteiger partial charge on any atom is -0.448 e. The van der Waals surface area contributed by atoms with Crippen molar-refractivity contribution >= 4 is 29.7 Å². The number of hydrogen-bond acceptors (Lipinski definition) is 9. The molecule has 4 heterocycles. The molecule has 0 radical (unpaired) electrons. The predicted octanol–water partition coefficient (Wildman–Crippen LogP) is 3.24. The number of hydrogen-bond donors (Lipinski definition) is 0. The summed E-state index contributed by atoms with van der Waals surface area (Å²) in [5.74, 6) is -3.54. The van der Waals surface area contributed by atoms with Gasteiger partial charge in [-0.1, -0.05) is 0 Å². The van der Waals surface area contributed by atoms with Gasteiger partial charge in [0.2, 0.25) is 11.8 Å². The van der Waals surface area contributed by atoms with Crippen molar-refractivity contribution < 1.29 is 46.6 Å². The summed E-state index contributed by atoms with van der Waals surface area (Å²) in [5, 5.41) is 9.12. The molecule has 2 bridgehead atoms. The monoisotopic (exact) mass is 635 g/mol. The molecule has 1 aromatic carbocycles. The second kappa shape index (κ2) is 11.2. The minimum atomic E-state index is -4.87. The molecular weight excluding hydrogens is 599 g/mol. The molecule has 0 spiro atoms. The zero-order chi connectivity index (χ0) is 33.1. The Morgan fingerprint density at radius 2 is 1.56 bits per heavy atom. The van der Waals surface area contributed by atoms with Crippen LogP contribution in [0.1, 0.15) is 45.7 Å². The van der Waals surface area contributed by atoms with E-state index in [4.69, 9.17) is 19.5 Å². The van der Waals surface area contributed by atoms with Crippen molar-refractivity contribution in [3.05, 3.63) is 29.3 Å². The number of rotatable bonds is 4. The van der Waals surface area contributed by atoms with Crippen LogP contribution in [-0.2, 0) is 30.0 Å². The molecule has 0 N–H and O–H groups in total. The first-order valence-corrected chi connectivity index (χ1v) is 14.7. The fourth-order valence-electron chi connectivity index (χ4n) is 6.85. The number of amides is 4. The van der Waals surface area contributed by atoms with E-state index in [1.54, 1.807) is 39.5 Å². The van der Waals surface area contributed by atoms with E-state index in [1.807, 2.05) is 0 Å². The number of piperazine rings is 1. The molecule has 45 heavy (non-hydrogen) atoms. The second-order valence-corrected chi connectivity index (χ2v) is 13.3. The number of fused-ring (bicyclic) bond motifs is 5. The molecule has 5 rings (SSSR count). The third-order valence-electron chi connectivity index (χ3n) is 8.70. The molecule has 12 nitrogen and oxygen atoms in total. The normalized spacial score (nSPS) is 28.6. The summed E-state index contributed by atoms with van der Waals surface area (Å²) in [7, 11) is 0. The lowest BCUT2D eigenvalue weighted by molar-refractivity contribution is -0.164. The number of carbonyl (C=O) groups excluding carboxylic acids is 4. The van der Waals surface area contributed by atoms with E-state index >= 15 is 0 Å². The van der Waals surface area contributed by atoms with E-state index in [1.165, 1.54) is 11.0 Å². The van der Waals surface area contributed by atoms with Crippen LogP contribution in [0.5, 0.6) is 0 Å². The first kappa shape index (κ1) is 32.5. The van der Waals surface area contributed by atoms with Crippen LogP contribution in [0.2, 0.25) is 0 Å². The van der Waals surface area contributed by atoms with Gasteiger partial charge in [0.25, 0.3) is 0 Å². The maximum Gasteiger partial charge on any atom is 0.417 e. The first-order chi connectivity index (χ1) is 20.9. The zero-order valence-corrected chi connectivity index (χ0v) is 25.8. The number of alkyl halides is 3. The summed E-state index contributed by atoms with van der Waals surface area (Å²) in [6.07, 6.45) is -5.87. The quantitative estimate of drug-likeness (QED) is 0.458. The number of imide groups is 1. The lowest BCUT2D eigenvalue weighted by Gasteiger charge is -2.44. The minimum absolute atomic E-state index is 0.0643. The number of likely N-dealkylation sites (tertiary alicyclic amines) is 1. The third-order valence-corrected chi connectivity index (χ3v) is 8.70. The molecular formula is C30H36F3N5O7. The van der Waals surface area contributed by atoms with E-state index in [-0.39, 0.29) is 31.5 Å². The maximum absolute atomic E-state index is 13.7. The summed E-state index contributed by atoms with van der Waals surface area (Å²) in [5.41, 5.74) is -5.32. The number of nitrogens with zero attached hydrogens (tertiary/aromatic N) is 5. The van der Waals surface area contributed by atoms with Crippen molar-refractivity contribution in [2.24, 2.45) is 11.8 Å². The number of halogens is 3. The van der Waals surface area contributed by atoms with Gasteiger partial charge >= 0.3 is 18.4 Å². The Balaban J connectivity index is 1.21. The summed E-state index contributed by atoms with van der Waals surface area (Å²) < 4.78 is 58.0. The fourth-order valence-corrected chi connectivity index (χ4v) is 6.85. The molecule has 4 amide bonds. The molecule has 4 saturated heterocycles. The van der Waals surface area contributed by atoms with Gasteiger partial charge in [-0.3, -0.25) is 14.5 Å². The number of anilines is 1. The Kier molecular flexibility index (Phi) is 8.06. The lowest BCUT2D eigenvalue weighted by atomic mass is 9.79. The van der Waals surface area contributed by atoms with Gasteiger partial charge in [-0.25, -0.2) is 14.5 Å². The molecule has 0 aromatic heterocycles. The highest BCUT2D eigenvalue weighted by atomic mass is 19.4. The Morgan fingerprint density at radius 3 is 2.07 bits per heavy atom. The summed E-state index contributed by atoms with van der Waals surface area (Å²) in [6, 6.07) is 4.21. The molecule has 4 aliphatic rings. The van der Waals surface area contributed by atoms with Gasteiger partial charge in [0, 0.05) is 32.7 Å². The number of nitriles is 1. The molecule has 0 unspecified atom stereocenters. The average molecular weight is 636 g/mol. The summed E-state index contributed by atoms with van der Waals surface area (Å²) in [6.45, 7) is 11.1. The average Bonchev–Trinajstić information content (AvgIpc) is 3.31. The molecule has 0 saturated carbocycles. The van der Waals surface area contributed by atoms with Crippen LogP contribution in [0.15, 0.2) is 18.2 Å². The van der Waals surface area contributed by atoms with E-state index in [0.717, 1.165) is 17.0 Å². The predicted molar refractivity (Wildman–Crippen MR) is 151 cm³/mol. The van der Waals surface area contributed by atoms with Crippen molar-refractivity contribution in [2.45, 2.75) is 57.6 Å². The molecule has 244 valence electrons. The highest BCUT2D eigenvalue weighted by molar-refractivity contribution is 6.23. The molecule has 0 aliphatic carbocycles. The first-order valence-electron chi connectivity index (χ1n) is 14.7. The van der Waals surface area contributed by atoms with Crippen LogP contribution < -0.4 is 4.90 Å². The van der Waals surface area contributed by atoms with Gasteiger partial charge in [0.1, 0.15) is 12.2 Å². The maximum atomic E-state index is 13.7. The highest BCUT2D eigenvalue weighted by Crippen LogP contribution is 2.55. The molecule has 1 aromatic rings. The zero-order valence-electron chi connectivity index (χ0n) is 25.8. The molecule has 4 fully saturated rings. The van der Waals surface area contributed by atoms with Gasteiger partial charge in [-0.15, -0.1) is 0 Å². The number of benzene rings is 1. The van der Waals surface area contributed by atoms with Crippen LogP contribution in [0.25, 0.3) is 0 Å². The van der Waals surface area contributed by atoms with Gasteiger partial charge in [0.05, 0.1) is 59.0 Å². The van der Waals surface area contributed by atoms with Crippen molar-refractivity contribution in [3.63, 3.8) is 0 Å². The smallest absolute Gasteiger partial charge is 0.417 e. The summed E-state index contributed by atoms with van der Waals surface area (Å²) >= 11 is 0. The standard InChI is InChI=1S/C30H36F3N5O7/c1-27(2,3)44-26(42)36-10-8-35(9-11-36)12-13-43-25(41)37-16-28(4)21-22(29(5,17-37)45-28)24(40)38(23(21)39)19-7-6-18(15-34)20(14-19)30(31,32)33/h6-7,14,21-22H,8-13,16-17H2,1-5H3/t21-,22+,28+,29-. The molecule has 4 aliphatic heterocycles. The van der Waals surface area contributed by atoms with Crippen molar-refractivity contribution in [1.29, 1.82) is 5.26 Å². The van der Waals surface area contributed by atoms with Crippen LogP contribution in [-0.4, -0.2) is 108 Å². The highest BCUT2D eigenvalue weighted by Gasteiger charge is 2.72. The number of ether oxygens (including phenoxy) is 3. The third kappa shape index (κ3) is 6.05. The van der Waals surface area contributed by atoms with Crippen LogP contribution in [0.3, 0.4) is 0 Å². The van der Waals surface area contributed by atoms with E-state index in [0.29, 0.717) is 38.8 Å². The largest absolute Gasteiger partial charge is 0.448 e. The van der Waals surface area contributed by atoms with E-state index < -0.39 is 63.8 Å². The van der Waals surface area contributed by atoms with E-state index in [2.05, 4.69) is 4.90 Å². The second-order valence-electron chi connectivity index (χ2n) is 13.3.